The van der Waals surface area contributed by atoms with Crippen LogP contribution in [0.5, 0.6) is 11.5 Å². The Hall–Kier alpha value is -1.83. The van der Waals surface area contributed by atoms with Gasteiger partial charge in [-0.1, -0.05) is 23.7 Å². The summed E-state index contributed by atoms with van der Waals surface area (Å²) >= 11 is 6.34. The van der Waals surface area contributed by atoms with Crippen molar-refractivity contribution in [2.75, 3.05) is 19.8 Å². The quantitative estimate of drug-likeness (QED) is 0.651. The van der Waals surface area contributed by atoms with Crippen LogP contribution in [0.25, 0.3) is 0 Å². The highest BCUT2D eigenvalue weighted by Crippen LogP contribution is 2.27. The van der Waals surface area contributed by atoms with Crippen molar-refractivity contribution >= 4 is 11.6 Å². The highest BCUT2D eigenvalue weighted by atomic mass is 35.5. The Morgan fingerprint density at radius 2 is 1.79 bits per heavy atom. The van der Waals surface area contributed by atoms with Gasteiger partial charge in [-0.25, -0.2) is 0 Å². The first-order valence-electron chi connectivity index (χ1n) is 9.27. The van der Waals surface area contributed by atoms with Crippen molar-refractivity contribution in [3.63, 3.8) is 0 Å². The van der Waals surface area contributed by atoms with E-state index in [4.69, 9.17) is 30.9 Å². The number of hydrogen-bond donors (Lipinski definition) is 3. The Morgan fingerprint density at radius 1 is 1.07 bits per heavy atom. The molecule has 0 unspecified atom stereocenters. The molecule has 1 fully saturated rings. The lowest BCUT2D eigenvalue weighted by Crippen LogP contribution is -2.56. The smallest absolute Gasteiger partial charge is 0.150 e. The highest BCUT2D eigenvalue weighted by molar-refractivity contribution is 6.31. The van der Waals surface area contributed by atoms with Crippen LogP contribution in [0.1, 0.15) is 18.1 Å². The number of aliphatic hydroxyl groups excluding tert-OH is 3. The van der Waals surface area contributed by atoms with E-state index in [0.29, 0.717) is 23.8 Å². The standard InChI is InChI=1S/C21H25ClO6/c1-2-26-15-5-3-13(4-6-15)9-14-10-16(7-8-17(14)22)28-19-12-27-18(11-23)20(24)21(19)25/h3-8,10,18-21,23-25H,2,9,11-12H2,1H3/t18-,19+,20-,21-/m1/s1. The van der Waals surface area contributed by atoms with Crippen molar-refractivity contribution in [1.82, 2.24) is 0 Å². The second kappa shape index (κ2) is 9.58. The molecule has 0 spiro atoms. The van der Waals surface area contributed by atoms with Gasteiger partial charge in [0.1, 0.15) is 29.8 Å². The lowest BCUT2D eigenvalue weighted by atomic mass is 10.0. The van der Waals surface area contributed by atoms with Crippen LogP contribution < -0.4 is 9.47 Å². The van der Waals surface area contributed by atoms with Crippen LogP contribution in [0.4, 0.5) is 0 Å². The van der Waals surface area contributed by atoms with E-state index in [2.05, 4.69) is 0 Å². The molecule has 0 saturated carbocycles. The van der Waals surface area contributed by atoms with E-state index in [0.717, 1.165) is 16.9 Å². The maximum Gasteiger partial charge on any atom is 0.150 e. The van der Waals surface area contributed by atoms with Crippen LogP contribution >= 0.6 is 11.6 Å². The average Bonchev–Trinajstić information content (AvgIpc) is 2.70. The van der Waals surface area contributed by atoms with Gasteiger partial charge >= 0.3 is 0 Å². The first kappa shape index (κ1) is 20.9. The first-order valence-corrected chi connectivity index (χ1v) is 9.65. The zero-order chi connectivity index (χ0) is 20.1. The lowest BCUT2D eigenvalue weighted by Gasteiger charge is -2.36. The van der Waals surface area contributed by atoms with E-state index in [1.807, 2.05) is 37.3 Å². The molecular weight excluding hydrogens is 384 g/mol. The second-order valence-corrected chi connectivity index (χ2v) is 7.11. The molecule has 0 aliphatic carbocycles. The van der Waals surface area contributed by atoms with Gasteiger partial charge in [0, 0.05) is 5.02 Å². The molecule has 4 atom stereocenters. The van der Waals surface area contributed by atoms with Crippen molar-refractivity contribution < 1.29 is 29.5 Å². The Kier molecular flexibility index (Phi) is 7.15. The molecule has 2 aromatic carbocycles. The Morgan fingerprint density at radius 3 is 2.46 bits per heavy atom. The molecule has 3 N–H and O–H groups in total. The SMILES string of the molecule is CCOc1ccc(Cc2cc(O[C@H]3CO[C@H](CO)[C@@H](O)[C@@H]3O)ccc2Cl)cc1. The van der Waals surface area contributed by atoms with E-state index >= 15 is 0 Å². The van der Waals surface area contributed by atoms with E-state index in [1.54, 1.807) is 12.1 Å². The molecule has 2 aromatic rings. The summed E-state index contributed by atoms with van der Waals surface area (Å²) in [6, 6.07) is 13.1. The maximum absolute atomic E-state index is 10.2. The lowest BCUT2D eigenvalue weighted by molar-refractivity contribution is -0.188. The Labute approximate surface area is 169 Å². The summed E-state index contributed by atoms with van der Waals surface area (Å²) in [6.07, 6.45) is -3.30. The third-order valence-corrected chi connectivity index (χ3v) is 5.07. The molecule has 0 amide bonds. The largest absolute Gasteiger partial charge is 0.494 e. The van der Waals surface area contributed by atoms with Crippen molar-refractivity contribution in [2.24, 2.45) is 0 Å². The fraction of sp³-hybridized carbons (Fsp3) is 0.429. The molecule has 1 saturated heterocycles. The van der Waals surface area contributed by atoms with Gasteiger partial charge in [-0.05, 0) is 54.8 Å². The van der Waals surface area contributed by atoms with Crippen molar-refractivity contribution in [3.05, 3.63) is 58.6 Å². The summed E-state index contributed by atoms with van der Waals surface area (Å²) in [4.78, 5) is 0. The molecule has 0 radical (unpaired) electrons. The van der Waals surface area contributed by atoms with Crippen LogP contribution in [-0.2, 0) is 11.2 Å². The highest BCUT2D eigenvalue weighted by Gasteiger charge is 2.39. The summed E-state index contributed by atoms with van der Waals surface area (Å²) < 4.78 is 16.6. The zero-order valence-corrected chi connectivity index (χ0v) is 16.4. The molecule has 0 bridgehead atoms. The van der Waals surface area contributed by atoms with E-state index in [-0.39, 0.29) is 13.2 Å². The predicted octanol–water partition coefficient (Wildman–Crippen LogP) is 2.19. The van der Waals surface area contributed by atoms with Gasteiger partial charge in [-0.15, -0.1) is 0 Å². The third kappa shape index (κ3) is 4.96. The number of benzene rings is 2. The van der Waals surface area contributed by atoms with Gasteiger partial charge in [0.2, 0.25) is 0 Å². The molecule has 3 rings (SSSR count). The molecule has 1 aliphatic heterocycles. The van der Waals surface area contributed by atoms with Crippen LogP contribution in [0, 0.1) is 0 Å². The van der Waals surface area contributed by atoms with Gasteiger partial charge in [0.15, 0.2) is 6.10 Å². The van der Waals surface area contributed by atoms with Crippen LogP contribution in [0.3, 0.4) is 0 Å². The van der Waals surface area contributed by atoms with Crippen LogP contribution in [0.15, 0.2) is 42.5 Å². The summed E-state index contributed by atoms with van der Waals surface area (Å²) in [6.45, 7) is 2.27. The van der Waals surface area contributed by atoms with Crippen molar-refractivity contribution in [1.29, 1.82) is 0 Å². The molecule has 6 nitrogen and oxygen atoms in total. The minimum absolute atomic E-state index is 0.0697. The van der Waals surface area contributed by atoms with Crippen molar-refractivity contribution in [2.45, 2.75) is 37.8 Å². The van der Waals surface area contributed by atoms with Gasteiger partial charge in [-0.2, -0.15) is 0 Å². The minimum Gasteiger partial charge on any atom is -0.494 e. The molecular formula is C21H25ClO6. The fourth-order valence-corrected chi connectivity index (χ4v) is 3.33. The van der Waals surface area contributed by atoms with E-state index < -0.39 is 24.4 Å². The molecule has 28 heavy (non-hydrogen) atoms. The fourth-order valence-electron chi connectivity index (χ4n) is 3.14. The molecule has 7 heteroatoms. The summed E-state index contributed by atoms with van der Waals surface area (Å²) in [5.74, 6) is 1.34. The number of halogens is 1. The van der Waals surface area contributed by atoms with Gasteiger partial charge in [0.05, 0.1) is 19.8 Å². The normalized spacial score (nSPS) is 24.8. The topological polar surface area (TPSA) is 88.4 Å². The van der Waals surface area contributed by atoms with Gasteiger partial charge in [-0.3, -0.25) is 0 Å². The molecule has 1 heterocycles. The number of aliphatic hydroxyl groups is 3. The molecule has 152 valence electrons. The maximum atomic E-state index is 10.2. The molecule has 0 aromatic heterocycles. The third-order valence-electron chi connectivity index (χ3n) is 4.70. The van der Waals surface area contributed by atoms with Gasteiger partial charge < -0.3 is 29.5 Å². The average molecular weight is 409 g/mol. The van der Waals surface area contributed by atoms with E-state index in [1.165, 1.54) is 0 Å². The number of rotatable bonds is 7. The predicted molar refractivity (Wildman–Crippen MR) is 105 cm³/mol. The van der Waals surface area contributed by atoms with E-state index in [9.17, 15) is 10.2 Å². The zero-order valence-electron chi connectivity index (χ0n) is 15.6. The minimum atomic E-state index is -1.21. The van der Waals surface area contributed by atoms with Crippen LogP contribution in [-0.4, -0.2) is 59.6 Å². The van der Waals surface area contributed by atoms with Crippen molar-refractivity contribution in [3.8, 4) is 11.5 Å². The number of hydrogen-bond acceptors (Lipinski definition) is 6. The van der Waals surface area contributed by atoms with Gasteiger partial charge in [0.25, 0.3) is 0 Å². The summed E-state index contributed by atoms with van der Waals surface area (Å²) in [7, 11) is 0. The summed E-state index contributed by atoms with van der Waals surface area (Å²) in [5.41, 5.74) is 1.95. The monoisotopic (exact) mass is 408 g/mol. The Bertz CT molecular complexity index is 766. The number of ether oxygens (including phenoxy) is 3. The first-order chi connectivity index (χ1) is 13.5. The summed E-state index contributed by atoms with van der Waals surface area (Å²) in [5, 5.41) is 30.0. The Balaban J connectivity index is 1.69. The van der Waals surface area contributed by atoms with Crippen LogP contribution in [0.2, 0.25) is 5.02 Å². The second-order valence-electron chi connectivity index (χ2n) is 6.70. The molecule has 1 aliphatic rings.